The maximum atomic E-state index is 4.77. The molecule has 0 amide bonds. The van der Waals surface area contributed by atoms with E-state index in [-0.39, 0.29) is 0 Å². The van der Waals surface area contributed by atoms with Crippen molar-refractivity contribution in [2.45, 2.75) is 38.8 Å². The van der Waals surface area contributed by atoms with Gasteiger partial charge in [0, 0.05) is 12.6 Å². The van der Waals surface area contributed by atoms with Crippen LogP contribution in [0.25, 0.3) is 0 Å². The van der Waals surface area contributed by atoms with Gasteiger partial charge in [0.1, 0.15) is 0 Å². The van der Waals surface area contributed by atoms with Crippen molar-refractivity contribution >= 4 is 0 Å². The quantitative estimate of drug-likeness (QED) is 0.809. The summed E-state index contributed by atoms with van der Waals surface area (Å²) in [5, 5.41) is 7.30. The summed E-state index contributed by atoms with van der Waals surface area (Å²) in [5.41, 5.74) is 0. The molecule has 1 N–H and O–H groups in total. The number of hydrogen-bond acceptors (Lipinski definition) is 5. The zero-order valence-electron chi connectivity index (χ0n) is 9.85. The van der Waals surface area contributed by atoms with Gasteiger partial charge in [-0.15, -0.1) is 0 Å². The van der Waals surface area contributed by atoms with Crippen molar-refractivity contribution in [2.75, 3.05) is 19.6 Å². The number of nitrogens with one attached hydrogen (secondary N) is 1. The molecule has 1 saturated heterocycles. The van der Waals surface area contributed by atoms with Gasteiger partial charge >= 0.3 is 0 Å². The zero-order chi connectivity index (χ0) is 11.2. The lowest BCUT2D eigenvalue weighted by Crippen LogP contribution is -2.45. The number of likely N-dealkylation sites (tertiary alicyclic amines) is 1. The van der Waals surface area contributed by atoms with Crippen molar-refractivity contribution in [1.82, 2.24) is 20.4 Å². The summed E-state index contributed by atoms with van der Waals surface area (Å²) in [7, 11) is 0. The highest BCUT2D eigenvalue weighted by molar-refractivity contribution is 4.85. The number of hydrogen-bond donors (Lipinski definition) is 1. The lowest BCUT2D eigenvalue weighted by molar-refractivity contribution is 0.133. The summed E-state index contributed by atoms with van der Waals surface area (Å²) in [4.78, 5) is 6.54. The maximum absolute atomic E-state index is 4.77. The van der Waals surface area contributed by atoms with E-state index in [1.807, 2.05) is 0 Å². The maximum Gasteiger partial charge on any atom is 0.213 e. The van der Waals surface area contributed by atoms with Crippen LogP contribution in [0.2, 0.25) is 0 Å². The normalized spacial score (nSPS) is 22.4. The molecule has 0 radical (unpaired) electrons. The van der Waals surface area contributed by atoms with E-state index in [9.17, 15) is 0 Å². The van der Waals surface area contributed by atoms with Crippen molar-refractivity contribution < 1.29 is 4.52 Å². The Morgan fingerprint density at radius 1 is 1.56 bits per heavy atom. The molecule has 1 fully saturated rings. The van der Waals surface area contributed by atoms with Crippen LogP contribution < -0.4 is 5.32 Å². The summed E-state index contributed by atoms with van der Waals surface area (Å²) in [6.07, 6.45) is 5.28. The molecule has 1 aromatic heterocycles. The van der Waals surface area contributed by atoms with Crippen LogP contribution in [-0.2, 0) is 6.54 Å². The molecule has 5 heteroatoms. The number of rotatable bonds is 5. The van der Waals surface area contributed by atoms with E-state index in [1.54, 1.807) is 0 Å². The Labute approximate surface area is 96.2 Å². The van der Waals surface area contributed by atoms with Crippen molar-refractivity contribution in [3.8, 4) is 0 Å². The van der Waals surface area contributed by atoms with Gasteiger partial charge in [0.25, 0.3) is 0 Å². The molecule has 0 aromatic carbocycles. The summed E-state index contributed by atoms with van der Waals surface area (Å²) in [6.45, 7) is 6.20. The minimum atomic E-state index is 0.618. The predicted octanol–water partition coefficient (Wildman–Crippen LogP) is 1.03. The third kappa shape index (κ3) is 3.02. The van der Waals surface area contributed by atoms with Crippen LogP contribution in [0, 0.1) is 0 Å². The van der Waals surface area contributed by atoms with E-state index in [2.05, 4.69) is 27.3 Å². The van der Waals surface area contributed by atoms with Gasteiger partial charge in [0.05, 0.1) is 6.54 Å². The first-order chi connectivity index (χ1) is 7.90. The Bertz CT molecular complexity index is 288. The van der Waals surface area contributed by atoms with E-state index in [0.717, 1.165) is 32.0 Å². The van der Waals surface area contributed by atoms with Gasteiger partial charge in [0.15, 0.2) is 5.82 Å². The summed E-state index contributed by atoms with van der Waals surface area (Å²) in [5.74, 6) is 0.795. The molecule has 90 valence electrons. The summed E-state index contributed by atoms with van der Waals surface area (Å²) < 4.78 is 4.77. The van der Waals surface area contributed by atoms with Crippen LogP contribution in [0.5, 0.6) is 0 Å². The SMILES string of the molecule is CCNCC1CCCCN1Cc1ncon1. The highest BCUT2D eigenvalue weighted by atomic mass is 16.5. The van der Waals surface area contributed by atoms with E-state index < -0.39 is 0 Å². The fraction of sp³-hybridized carbons (Fsp3) is 0.818. The molecule has 1 atom stereocenters. The van der Waals surface area contributed by atoms with Gasteiger partial charge in [-0.3, -0.25) is 4.90 Å². The molecule has 1 unspecified atom stereocenters. The first-order valence-electron chi connectivity index (χ1n) is 6.10. The van der Waals surface area contributed by atoms with E-state index >= 15 is 0 Å². The first kappa shape index (κ1) is 11.5. The van der Waals surface area contributed by atoms with Crippen LogP contribution in [0.4, 0.5) is 0 Å². The van der Waals surface area contributed by atoms with Gasteiger partial charge < -0.3 is 9.84 Å². The lowest BCUT2D eigenvalue weighted by Gasteiger charge is -2.34. The van der Waals surface area contributed by atoms with Gasteiger partial charge in [-0.25, -0.2) is 0 Å². The van der Waals surface area contributed by atoms with Crippen molar-refractivity contribution in [1.29, 1.82) is 0 Å². The largest absolute Gasteiger partial charge is 0.343 e. The van der Waals surface area contributed by atoms with Crippen molar-refractivity contribution in [3.05, 3.63) is 12.2 Å². The molecular formula is C11H20N4O. The van der Waals surface area contributed by atoms with Gasteiger partial charge in [-0.1, -0.05) is 18.5 Å². The van der Waals surface area contributed by atoms with Crippen LogP contribution >= 0.6 is 0 Å². The molecule has 1 aliphatic heterocycles. The molecule has 5 nitrogen and oxygen atoms in total. The van der Waals surface area contributed by atoms with Gasteiger partial charge in [-0.2, -0.15) is 4.98 Å². The van der Waals surface area contributed by atoms with Gasteiger partial charge in [0.2, 0.25) is 6.39 Å². The number of piperidine rings is 1. The molecule has 2 heterocycles. The second-order valence-corrected chi connectivity index (χ2v) is 4.28. The van der Waals surface area contributed by atoms with E-state index in [1.165, 1.54) is 25.7 Å². The van der Waals surface area contributed by atoms with E-state index in [0.29, 0.717) is 6.04 Å². The third-order valence-electron chi connectivity index (χ3n) is 3.13. The molecule has 0 aliphatic carbocycles. The van der Waals surface area contributed by atoms with Crippen LogP contribution in [-0.4, -0.2) is 40.7 Å². The molecule has 0 bridgehead atoms. The van der Waals surface area contributed by atoms with Crippen LogP contribution in [0.3, 0.4) is 0 Å². The number of nitrogens with zero attached hydrogens (tertiary/aromatic N) is 3. The van der Waals surface area contributed by atoms with Crippen LogP contribution in [0.1, 0.15) is 32.0 Å². The van der Waals surface area contributed by atoms with Crippen molar-refractivity contribution in [2.24, 2.45) is 0 Å². The molecule has 0 spiro atoms. The standard InChI is InChI=1S/C11H20N4O/c1-2-12-7-10-5-3-4-6-15(10)8-11-13-9-16-14-11/h9-10,12H,2-8H2,1H3. The van der Waals surface area contributed by atoms with Gasteiger partial charge in [-0.05, 0) is 25.9 Å². The molecule has 2 rings (SSSR count). The second-order valence-electron chi connectivity index (χ2n) is 4.28. The lowest BCUT2D eigenvalue weighted by atomic mass is 10.0. The predicted molar refractivity (Wildman–Crippen MR) is 60.9 cm³/mol. The Balaban J connectivity index is 1.88. The zero-order valence-corrected chi connectivity index (χ0v) is 9.85. The smallest absolute Gasteiger partial charge is 0.213 e. The molecule has 1 aromatic rings. The van der Waals surface area contributed by atoms with Crippen LogP contribution in [0.15, 0.2) is 10.9 Å². The fourth-order valence-electron chi connectivity index (χ4n) is 2.25. The summed E-state index contributed by atoms with van der Waals surface area (Å²) >= 11 is 0. The molecule has 16 heavy (non-hydrogen) atoms. The second kappa shape index (κ2) is 5.96. The Morgan fingerprint density at radius 2 is 2.50 bits per heavy atom. The topological polar surface area (TPSA) is 54.2 Å². The molecular weight excluding hydrogens is 204 g/mol. The third-order valence-corrected chi connectivity index (χ3v) is 3.13. The van der Waals surface area contributed by atoms with E-state index in [4.69, 9.17) is 4.52 Å². The average Bonchev–Trinajstić information content (AvgIpc) is 2.81. The first-order valence-corrected chi connectivity index (χ1v) is 6.10. The molecule has 0 saturated carbocycles. The molecule has 1 aliphatic rings. The summed E-state index contributed by atoms with van der Waals surface area (Å²) in [6, 6.07) is 0.618. The fourth-order valence-corrected chi connectivity index (χ4v) is 2.25. The highest BCUT2D eigenvalue weighted by Gasteiger charge is 2.22. The minimum Gasteiger partial charge on any atom is -0.343 e. The Morgan fingerprint density at radius 3 is 3.25 bits per heavy atom. The average molecular weight is 224 g/mol. The Hall–Kier alpha value is -0.940. The monoisotopic (exact) mass is 224 g/mol. The number of likely N-dealkylation sites (N-methyl/N-ethyl adjacent to an activating group) is 1. The highest BCUT2D eigenvalue weighted by Crippen LogP contribution is 2.18. The number of aromatic nitrogens is 2. The Kier molecular flexibility index (Phi) is 4.30. The minimum absolute atomic E-state index is 0.618. The van der Waals surface area contributed by atoms with Crippen molar-refractivity contribution in [3.63, 3.8) is 0 Å².